The lowest BCUT2D eigenvalue weighted by atomic mass is 9.79. The molecule has 2 atom stereocenters. The van der Waals surface area contributed by atoms with Crippen molar-refractivity contribution in [2.75, 3.05) is 20.1 Å². The fraction of sp³-hybridized carbons (Fsp3) is 0.909. The molecular weight excluding hydrogens is 178 g/mol. The highest BCUT2D eigenvalue weighted by atomic mass is 16.4. The van der Waals surface area contributed by atoms with E-state index in [-0.39, 0.29) is 5.92 Å². The van der Waals surface area contributed by atoms with Crippen molar-refractivity contribution < 1.29 is 9.90 Å². The van der Waals surface area contributed by atoms with Gasteiger partial charge >= 0.3 is 5.97 Å². The molecule has 0 aromatic heterocycles. The highest BCUT2D eigenvalue weighted by Gasteiger charge is 2.30. The van der Waals surface area contributed by atoms with Crippen LogP contribution in [-0.4, -0.2) is 36.1 Å². The Labute approximate surface area is 86.1 Å². The van der Waals surface area contributed by atoms with Gasteiger partial charge in [-0.2, -0.15) is 0 Å². The molecule has 3 heteroatoms. The standard InChI is InChI=1S/C11H21NO2/c1-3-12(2)8-9-6-4-5-7-10(9)11(13)14/h9-10H,3-8H2,1-2H3,(H,13,14). The Bertz CT molecular complexity index is 194. The normalized spacial score (nSPS) is 27.9. The van der Waals surface area contributed by atoms with Crippen LogP contribution in [-0.2, 0) is 4.79 Å². The van der Waals surface area contributed by atoms with Gasteiger partial charge in [0, 0.05) is 6.54 Å². The zero-order chi connectivity index (χ0) is 10.6. The minimum absolute atomic E-state index is 0.0993. The molecule has 0 aliphatic heterocycles. The van der Waals surface area contributed by atoms with E-state index >= 15 is 0 Å². The highest BCUT2D eigenvalue weighted by Crippen LogP contribution is 2.30. The predicted molar refractivity (Wildman–Crippen MR) is 56.3 cm³/mol. The third kappa shape index (κ3) is 2.98. The summed E-state index contributed by atoms with van der Waals surface area (Å²) in [4.78, 5) is 13.2. The molecule has 1 fully saturated rings. The predicted octanol–water partition coefficient (Wildman–Crippen LogP) is 1.83. The van der Waals surface area contributed by atoms with Crippen LogP contribution in [0.15, 0.2) is 0 Å². The number of carboxylic acid groups (broad SMARTS) is 1. The van der Waals surface area contributed by atoms with E-state index < -0.39 is 5.97 Å². The summed E-state index contributed by atoms with van der Waals surface area (Å²) in [5.74, 6) is -0.330. The first-order valence-electron chi connectivity index (χ1n) is 5.56. The molecular formula is C11H21NO2. The summed E-state index contributed by atoms with van der Waals surface area (Å²) >= 11 is 0. The molecule has 1 aliphatic rings. The number of aliphatic carboxylic acids is 1. The Morgan fingerprint density at radius 3 is 2.64 bits per heavy atom. The molecule has 0 radical (unpaired) electrons. The van der Waals surface area contributed by atoms with Crippen molar-refractivity contribution >= 4 is 5.97 Å². The lowest BCUT2D eigenvalue weighted by Gasteiger charge is -2.31. The van der Waals surface area contributed by atoms with Crippen molar-refractivity contribution in [2.24, 2.45) is 11.8 Å². The maximum Gasteiger partial charge on any atom is 0.306 e. The number of nitrogens with zero attached hydrogens (tertiary/aromatic N) is 1. The van der Waals surface area contributed by atoms with Crippen LogP contribution in [0.3, 0.4) is 0 Å². The topological polar surface area (TPSA) is 40.5 Å². The summed E-state index contributed by atoms with van der Waals surface area (Å²) in [6.07, 6.45) is 4.24. The molecule has 0 bridgehead atoms. The second-order valence-electron chi connectivity index (χ2n) is 4.34. The Balaban J connectivity index is 2.49. The Hall–Kier alpha value is -0.570. The summed E-state index contributed by atoms with van der Waals surface area (Å²) in [6.45, 7) is 4.05. The third-order valence-electron chi connectivity index (χ3n) is 3.31. The zero-order valence-corrected chi connectivity index (χ0v) is 9.20. The van der Waals surface area contributed by atoms with Crippen molar-refractivity contribution in [3.63, 3.8) is 0 Å². The average Bonchev–Trinajstić information content (AvgIpc) is 2.18. The third-order valence-corrected chi connectivity index (χ3v) is 3.31. The number of hydrogen-bond acceptors (Lipinski definition) is 2. The molecule has 0 amide bonds. The van der Waals surface area contributed by atoms with E-state index in [1.165, 1.54) is 6.42 Å². The van der Waals surface area contributed by atoms with Gasteiger partial charge in [0.1, 0.15) is 0 Å². The molecule has 0 saturated heterocycles. The maximum absolute atomic E-state index is 11.0. The minimum Gasteiger partial charge on any atom is -0.481 e. The first-order valence-corrected chi connectivity index (χ1v) is 5.56. The summed E-state index contributed by atoms with van der Waals surface area (Å²) in [6, 6.07) is 0. The van der Waals surface area contributed by atoms with E-state index in [0.717, 1.165) is 32.4 Å². The van der Waals surface area contributed by atoms with Gasteiger partial charge in [-0.15, -0.1) is 0 Å². The highest BCUT2D eigenvalue weighted by molar-refractivity contribution is 5.70. The van der Waals surface area contributed by atoms with Crippen molar-refractivity contribution in [1.29, 1.82) is 0 Å². The van der Waals surface area contributed by atoms with E-state index in [1.54, 1.807) is 0 Å². The van der Waals surface area contributed by atoms with E-state index in [9.17, 15) is 4.79 Å². The average molecular weight is 199 g/mol. The summed E-state index contributed by atoms with van der Waals surface area (Å²) in [7, 11) is 2.06. The van der Waals surface area contributed by atoms with Crippen molar-refractivity contribution in [3.8, 4) is 0 Å². The zero-order valence-electron chi connectivity index (χ0n) is 9.20. The van der Waals surface area contributed by atoms with E-state index in [2.05, 4.69) is 18.9 Å². The van der Waals surface area contributed by atoms with Gasteiger partial charge in [0.2, 0.25) is 0 Å². The largest absolute Gasteiger partial charge is 0.481 e. The molecule has 2 unspecified atom stereocenters. The lowest BCUT2D eigenvalue weighted by Crippen LogP contribution is -2.35. The van der Waals surface area contributed by atoms with Crippen LogP contribution in [0.25, 0.3) is 0 Å². The van der Waals surface area contributed by atoms with Crippen molar-refractivity contribution in [1.82, 2.24) is 4.90 Å². The first-order chi connectivity index (χ1) is 6.65. The van der Waals surface area contributed by atoms with Crippen LogP contribution in [0.2, 0.25) is 0 Å². The smallest absolute Gasteiger partial charge is 0.306 e. The molecule has 0 spiro atoms. The number of rotatable bonds is 4. The molecule has 0 aromatic rings. The Morgan fingerprint density at radius 2 is 2.07 bits per heavy atom. The molecule has 0 aromatic carbocycles. The van der Waals surface area contributed by atoms with Crippen LogP contribution in [0.5, 0.6) is 0 Å². The van der Waals surface area contributed by atoms with Gasteiger partial charge in [-0.1, -0.05) is 19.8 Å². The van der Waals surface area contributed by atoms with Gasteiger partial charge in [0.25, 0.3) is 0 Å². The first kappa shape index (κ1) is 11.5. The van der Waals surface area contributed by atoms with E-state index in [0.29, 0.717) is 5.92 Å². The van der Waals surface area contributed by atoms with Crippen LogP contribution in [0.1, 0.15) is 32.6 Å². The van der Waals surface area contributed by atoms with Gasteiger partial charge in [0.15, 0.2) is 0 Å². The molecule has 1 N–H and O–H groups in total. The molecule has 0 heterocycles. The fourth-order valence-corrected chi connectivity index (χ4v) is 2.28. The summed E-state index contributed by atoms with van der Waals surface area (Å²) in [5, 5.41) is 9.08. The van der Waals surface area contributed by atoms with Gasteiger partial charge in [-0.05, 0) is 32.4 Å². The fourth-order valence-electron chi connectivity index (χ4n) is 2.28. The molecule has 82 valence electrons. The van der Waals surface area contributed by atoms with Gasteiger partial charge in [-0.3, -0.25) is 4.79 Å². The minimum atomic E-state index is -0.598. The molecule has 14 heavy (non-hydrogen) atoms. The number of carboxylic acids is 1. The van der Waals surface area contributed by atoms with Crippen LogP contribution in [0.4, 0.5) is 0 Å². The lowest BCUT2D eigenvalue weighted by molar-refractivity contribution is -0.145. The molecule has 3 nitrogen and oxygen atoms in total. The van der Waals surface area contributed by atoms with Gasteiger partial charge in [-0.25, -0.2) is 0 Å². The van der Waals surface area contributed by atoms with E-state index in [4.69, 9.17) is 5.11 Å². The quantitative estimate of drug-likeness (QED) is 0.751. The van der Waals surface area contributed by atoms with Crippen LogP contribution >= 0.6 is 0 Å². The molecule has 1 aliphatic carbocycles. The summed E-state index contributed by atoms with van der Waals surface area (Å²) in [5.41, 5.74) is 0. The maximum atomic E-state index is 11.0. The number of hydrogen-bond donors (Lipinski definition) is 1. The summed E-state index contributed by atoms with van der Waals surface area (Å²) < 4.78 is 0. The second kappa shape index (κ2) is 5.35. The number of carbonyl (C=O) groups is 1. The van der Waals surface area contributed by atoms with Crippen molar-refractivity contribution in [3.05, 3.63) is 0 Å². The molecule has 1 saturated carbocycles. The van der Waals surface area contributed by atoms with E-state index in [1.807, 2.05) is 0 Å². The van der Waals surface area contributed by atoms with Crippen molar-refractivity contribution in [2.45, 2.75) is 32.6 Å². The Morgan fingerprint density at radius 1 is 1.43 bits per heavy atom. The van der Waals surface area contributed by atoms with Gasteiger partial charge < -0.3 is 10.0 Å². The van der Waals surface area contributed by atoms with Gasteiger partial charge in [0.05, 0.1) is 5.92 Å². The Kier molecular flexibility index (Phi) is 4.39. The second-order valence-corrected chi connectivity index (χ2v) is 4.34. The van der Waals surface area contributed by atoms with Crippen LogP contribution in [0, 0.1) is 11.8 Å². The monoisotopic (exact) mass is 199 g/mol. The molecule has 1 rings (SSSR count). The SMILES string of the molecule is CCN(C)CC1CCCCC1C(=O)O. The van der Waals surface area contributed by atoms with Crippen LogP contribution < -0.4 is 0 Å².